The van der Waals surface area contributed by atoms with E-state index in [4.69, 9.17) is 0 Å². The minimum Gasteiger partial charge on any atom is -0.264 e. The maximum absolute atomic E-state index is 4.27. The first-order chi connectivity index (χ1) is 6.91. The zero-order valence-electron chi connectivity index (χ0n) is 11.3. The van der Waals surface area contributed by atoms with Crippen molar-refractivity contribution >= 4 is 0 Å². The number of nitrogens with zero attached hydrogens (tertiary/aromatic N) is 1. The highest BCUT2D eigenvalue weighted by Gasteiger charge is 2.14. The van der Waals surface area contributed by atoms with Crippen LogP contribution in [-0.2, 0) is 5.41 Å². The molecule has 86 valence electrons. The lowest BCUT2D eigenvalue weighted by molar-refractivity contribution is 0.585. The van der Waals surface area contributed by atoms with Crippen molar-refractivity contribution in [3.63, 3.8) is 0 Å². The van der Waals surface area contributed by atoms with E-state index in [1.165, 1.54) is 11.1 Å². The molecular weight excluding hydrogens is 182 g/mol. The Kier molecular flexibility index (Phi) is 5.56. The molecule has 0 aliphatic heterocycles. The molecule has 1 heteroatoms. The van der Waals surface area contributed by atoms with Crippen LogP contribution in [0.15, 0.2) is 18.5 Å². The molecule has 0 aromatic carbocycles. The molecule has 0 bridgehead atoms. The quantitative estimate of drug-likeness (QED) is 0.659. The van der Waals surface area contributed by atoms with E-state index in [2.05, 4.69) is 45.7 Å². The topological polar surface area (TPSA) is 12.9 Å². The summed E-state index contributed by atoms with van der Waals surface area (Å²) < 4.78 is 0. The highest BCUT2D eigenvalue weighted by Crippen LogP contribution is 2.24. The number of hydrogen-bond acceptors (Lipinski definition) is 1. The Morgan fingerprint density at radius 2 is 1.60 bits per heavy atom. The van der Waals surface area contributed by atoms with Crippen molar-refractivity contribution < 1.29 is 0 Å². The van der Waals surface area contributed by atoms with Gasteiger partial charge in [0.2, 0.25) is 0 Å². The van der Waals surface area contributed by atoms with Crippen LogP contribution in [0.1, 0.15) is 65.5 Å². The first-order valence-electron chi connectivity index (χ1n) is 5.86. The fourth-order valence-electron chi connectivity index (χ4n) is 1.18. The van der Waals surface area contributed by atoms with Crippen LogP contribution in [0.2, 0.25) is 0 Å². The molecule has 0 N–H and O–H groups in total. The predicted octanol–water partition coefficient (Wildman–Crippen LogP) is 4.53. The number of aromatic nitrogens is 1. The molecule has 1 aromatic rings. The average molecular weight is 207 g/mol. The van der Waals surface area contributed by atoms with E-state index in [1.807, 2.05) is 26.2 Å². The van der Waals surface area contributed by atoms with Crippen molar-refractivity contribution in [1.82, 2.24) is 4.98 Å². The smallest absolute Gasteiger partial charge is 0.0305 e. The molecule has 1 nitrogen and oxygen atoms in total. The Labute approximate surface area is 94.9 Å². The summed E-state index contributed by atoms with van der Waals surface area (Å²) in [5.74, 6) is 0.565. The third kappa shape index (κ3) is 4.46. The van der Waals surface area contributed by atoms with Crippen LogP contribution in [0.25, 0.3) is 0 Å². The summed E-state index contributed by atoms with van der Waals surface area (Å²) in [6.07, 6.45) is 3.92. The third-order valence-electron chi connectivity index (χ3n) is 2.29. The summed E-state index contributed by atoms with van der Waals surface area (Å²) in [7, 11) is 0. The van der Waals surface area contributed by atoms with Gasteiger partial charge in [-0.15, -0.1) is 0 Å². The minimum atomic E-state index is 0.206. The van der Waals surface area contributed by atoms with E-state index in [0.29, 0.717) is 5.92 Å². The standard InChI is InChI=1S/C12H19N.C2H6/c1-9(2)10-6-11(8-13-7-10)12(3,4)5;1-2/h6-9H,1-5H3;1-2H3. The van der Waals surface area contributed by atoms with Crippen LogP contribution in [0.4, 0.5) is 0 Å². The van der Waals surface area contributed by atoms with Crippen molar-refractivity contribution in [3.05, 3.63) is 29.6 Å². The zero-order chi connectivity index (χ0) is 12.1. The molecule has 15 heavy (non-hydrogen) atoms. The van der Waals surface area contributed by atoms with Gasteiger partial charge < -0.3 is 0 Å². The van der Waals surface area contributed by atoms with Gasteiger partial charge in [-0.25, -0.2) is 0 Å². The normalized spacial score (nSPS) is 10.9. The van der Waals surface area contributed by atoms with Gasteiger partial charge in [-0.1, -0.05) is 54.5 Å². The first kappa shape index (κ1) is 14.2. The van der Waals surface area contributed by atoms with Crippen molar-refractivity contribution in [3.8, 4) is 0 Å². The van der Waals surface area contributed by atoms with Gasteiger partial charge >= 0.3 is 0 Å². The summed E-state index contributed by atoms with van der Waals surface area (Å²) in [4.78, 5) is 4.27. The van der Waals surface area contributed by atoms with Crippen LogP contribution < -0.4 is 0 Å². The Morgan fingerprint density at radius 3 is 2.00 bits per heavy atom. The van der Waals surface area contributed by atoms with Gasteiger partial charge in [-0.2, -0.15) is 0 Å². The van der Waals surface area contributed by atoms with Crippen LogP contribution >= 0.6 is 0 Å². The van der Waals surface area contributed by atoms with Crippen molar-refractivity contribution in [1.29, 1.82) is 0 Å². The highest BCUT2D eigenvalue weighted by atomic mass is 14.6. The highest BCUT2D eigenvalue weighted by molar-refractivity contribution is 5.25. The lowest BCUT2D eigenvalue weighted by atomic mass is 9.86. The largest absolute Gasteiger partial charge is 0.264 e. The van der Waals surface area contributed by atoms with Gasteiger partial charge in [-0.05, 0) is 22.5 Å². The third-order valence-corrected chi connectivity index (χ3v) is 2.29. The molecule has 1 heterocycles. The van der Waals surface area contributed by atoms with Gasteiger partial charge in [-0.3, -0.25) is 4.98 Å². The van der Waals surface area contributed by atoms with Crippen LogP contribution in [0, 0.1) is 0 Å². The first-order valence-corrected chi connectivity index (χ1v) is 5.86. The molecule has 0 radical (unpaired) electrons. The molecule has 1 rings (SSSR count). The molecule has 0 spiro atoms. The van der Waals surface area contributed by atoms with E-state index in [-0.39, 0.29) is 5.41 Å². The summed E-state index contributed by atoms with van der Waals surface area (Å²) in [5, 5.41) is 0. The van der Waals surface area contributed by atoms with Crippen LogP contribution in [0.5, 0.6) is 0 Å². The SMILES string of the molecule is CC.CC(C)c1cncc(C(C)(C)C)c1. The van der Waals surface area contributed by atoms with Crippen LogP contribution in [-0.4, -0.2) is 4.98 Å². The molecule has 1 aromatic heterocycles. The Balaban J connectivity index is 0.000000921. The fourth-order valence-corrected chi connectivity index (χ4v) is 1.18. The maximum atomic E-state index is 4.27. The van der Waals surface area contributed by atoms with E-state index in [9.17, 15) is 0 Å². The summed E-state index contributed by atoms with van der Waals surface area (Å²) in [5.41, 5.74) is 2.85. The second-order valence-corrected chi connectivity index (χ2v) is 4.91. The Bertz CT molecular complexity index is 282. The van der Waals surface area contributed by atoms with E-state index >= 15 is 0 Å². The summed E-state index contributed by atoms with van der Waals surface area (Å²) in [6.45, 7) is 15.0. The van der Waals surface area contributed by atoms with E-state index in [1.54, 1.807) is 0 Å². The Morgan fingerprint density at radius 1 is 1.07 bits per heavy atom. The number of rotatable bonds is 1. The van der Waals surface area contributed by atoms with Crippen molar-refractivity contribution in [2.75, 3.05) is 0 Å². The van der Waals surface area contributed by atoms with Crippen LogP contribution in [0.3, 0.4) is 0 Å². The van der Waals surface area contributed by atoms with Gasteiger partial charge in [0, 0.05) is 12.4 Å². The number of hydrogen-bond donors (Lipinski definition) is 0. The molecule has 0 fully saturated rings. The number of pyridine rings is 1. The van der Waals surface area contributed by atoms with Gasteiger partial charge in [0.15, 0.2) is 0 Å². The summed E-state index contributed by atoms with van der Waals surface area (Å²) >= 11 is 0. The van der Waals surface area contributed by atoms with E-state index < -0.39 is 0 Å². The van der Waals surface area contributed by atoms with Gasteiger partial charge in [0.1, 0.15) is 0 Å². The fraction of sp³-hybridized carbons (Fsp3) is 0.643. The Hall–Kier alpha value is -0.850. The lowest BCUT2D eigenvalue weighted by Gasteiger charge is -2.19. The molecule has 0 aliphatic carbocycles. The summed E-state index contributed by atoms with van der Waals surface area (Å²) in [6, 6.07) is 2.26. The monoisotopic (exact) mass is 207 g/mol. The average Bonchev–Trinajstić information content (AvgIpc) is 2.20. The van der Waals surface area contributed by atoms with Crippen molar-refractivity contribution in [2.45, 2.75) is 59.8 Å². The zero-order valence-corrected chi connectivity index (χ0v) is 11.3. The molecule has 0 amide bonds. The molecular formula is C14H25N. The maximum Gasteiger partial charge on any atom is 0.0305 e. The van der Waals surface area contributed by atoms with Gasteiger partial charge in [0.25, 0.3) is 0 Å². The van der Waals surface area contributed by atoms with Gasteiger partial charge in [0.05, 0.1) is 0 Å². The van der Waals surface area contributed by atoms with E-state index in [0.717, 1.165) is 0 Å². The molecule has 0 unspecified atom stereocenters. The second-order valence-electron chi connectivity index (χ2n) is 4.91. The molecule has 0 aliphatic rings. The second kappa shape index (κ2) is 5.89. The molecule has 0 saturated heterocycles. The minimum absolute atomic E-state index is 0.206. The molecule has 0 atom stereocenters. The lowest BCUT2D eigenvalue weighted by Crippen LogP contribution is -2.12. The predicted molar refractivity (Wildman–Crippen MR) is 68.4 cm³/mol. The van der Waals surface area contributed by atoms with Crippen molar-refractivity contribution in [2.24, 2.45) is 0 Å². The molecule has 0 saturated carbocycles.